The Hall–Kier alpha value is -2.61. The Bertz CT molecular complexity index is 983. The highest BCUT2D eigenvalue weighted by molar-refractivity contribution is 7.16. The average Bonchev–Trinajstić information content (AvgIpc) is 3.17. The molecule has 0 saturated carbocycles. The van der Waals surface area contributed by atoms with Crippen LogP contribution in [0.15, 0.2) is 28.8 Å². The molecule has 0 fully saturated rings. The molecule has 0 N–H and O–H groups in total. The zero-order valence-electron chi connectivity index (χ0n) is 12.4. The van der Waals surface area contributed by atoms with Gasteiger partial charge in [0, 0.05) is 17.5 Å². The first-order chi connectivity index (χ1) is 11.1. The van der Waals surface area contributed by atoms with Crippen molar-refractivity contribution in [1.29, 1.82) is 0 Å². The van der Waals surface area contributed by atoms with E-state index in [9.17, 15) is 4.39 Å². The Labute approximate surface area is 134 Å². The Kier molecular flexibility index (Phi) is 3.19. The molecular formula is C15H12FN5OS. The topological polar surface area (TPSA) is 69.1 Å². The van der Waals surface area contributed by atoms with Gasteiger partial charge in [-0.15, -0.1) is 10.2 Å². The van der Waals surface area contributed by atoms with Crippen LogP contribution in [0.25, 0.3) is 16.3 Å². The number of aryl methyl sites for hydroxylation is 2. The van der Waals surface area contributed by atoms with E-state index in [0.29, 0.717) is 22.8 Å². The summed E-state index contributed by atoms with van der Waals surface area (Å²) in [6.45, 7) is 3.79. The molecule has 0 saturated heterocycles. The standard InChI is InChI=1S/C15H12FN5OS/c1-8-12(9(2)22-20-8)7-13-19-21-14(17-18-15(21)23-13)10-4-3-5-11(16)6-10/h3-6H,7H2,1-2H3. The van der Waals surface area contributed by atoms with Crippen molar-refractivity contribution < 1.29 is 8.91 Å². The van der Waals surface area contributed by atoms with Crippen LogP contribution in [-0.2, 0) is 6.42 Å². The zero-order chi connectivity index (χ0) is 16.0. The monoisotopic (exact) mass is 329 g/mol. The highest BCUT2D eigenvalue weighted by Crippen LogP contribution is 2.25. The summed E-state index contributed by atoms with van der Waals surface area (Å²) in [6.07, 6.45) is 0.623. The van der Waals surface area contributed by atoms with Crippen LogP contribution in [0.3, 0.4) is 0 Å². The molecule has 8 heteroatoms. The fourth-order valence-electron chi connectivity index (χ4n) is 2.44. The molecule has 116 valence electrons. The molecule has 0 aliphatic carbocycles. The predicted molar refractivity (Wildman–Crippen MR) is 82.8 cm³/mol. The van der Waals surface area contributed by atoms with Gasteiger partial charge in [-0.2, -0.15) is 9.61 Å². The predicted octanol–water partition coefficient (Wildman–Crippen LogP) is 3.19. The molecule has 0 aliphatic rings. The number of halogens is 1. The number of rotatable bonds is 3. The molecule has 0 unspecified atom stereocenters. The third-order valence-electron chi connectivity index (χ3n) is 3.62. The summed E-state index contributed by atoms with van der Waals surface area (Å²) >= 11 is 1.45. The lowest BCUT2D eigenvalue weighted by molar-refractivity contribution is 0.392. The quantitative estimate of drug-likeness (QED) is 0.577. The van der Waals surface area contributed by atoms with E-state index in [2.05, 4.69) is 20.5 Å². The van der Waals surface area contributed by atoms with Crippen LogP contribution in [0.2, 0.25) is 0 Å². The van der Waals surface area contributed by atoms with Gasteiger partial charge in [-0.25, -0.2) is 4.39 Å². The van der Waals surface area contributed by atoms with Crippen LogP contribution in [0.1, 0.15) is 22.0 Å². The third-order valence-corrected chi connectivity index (χ3v) is 4.52. The van der Waals surface area contributed by atoms with Crippen LogP contribution in [-0.4, -0.2) is 25.0 Å². The summed E-state index contributed by atoms with van der Waals surface area (Å²) in [4.78, 5) is 0.672. The minimum atomic E-state index is -0.314. The molecule has 0 spiro atoms. The fraction of sp³-hybridized carbons (Fsp3) is 0.200. The Morgan fingerprint density at radius 2 is 2.13 bits per heavy atom. The molecule has 0 amide bonds. The summed E-state index contributed by atoms with van der Waals surface area (Å²) < 4.78 is 20.2. The van der Waals surface area contributed by atoms with E-state index in [1.165, 1.54) is 23.5 Å². The lowest BCUT2D eigenvalue weighted by atomic mass is 10.1. The van der Waals surface area contributed by atoms with Gasteiger partial charge in [-0.3, -0.25) is 0 Å². The first-order valence-corrected chi connectivity index (χ1v) is 7.82. The van der Waals surface area contributed by atoms with E-state index in [-0.39, 0.29) is 5.82 Å². The van der Waals surface area contributed by atoms with Gasteiger partial charge < -0.3 is 4.52 Å². The lowest BCUT2D eigenvalue weighted by Gasteiger charge is -1.97. The second kappa shape index (κ2) is 5.24. The maximum Gasteiger partial charge on any atom is 0.234 e. The van der Waals surface area contributed by atoms with Crippen molar-refractivity contribution in [3.63, 3.8) is 0 Å². The van der Waals surface area contributed by atoms with Crippen molar-refractivity contribution in [2.45, 2.75) is 20.3 Å². The summed E-state index contributed by atoms with van der Waals surface area (Å²) in [5, 5.41) is 17.6. The lowest BCUT2D eigenvalue weighted by Crippen LogP contribution is -1.95. The molecule has 6 nitrogen and oxygen atoms in total. The van der Waals surface area contributed by atoms with Crippen molar-refractivity contribution in [2.75, 3.05) is 0 Å². The second-order valence-electron chi connectivity index (χ2n) is 5.20. The van der Waals surface area contributed by atoms with Gasteiger partial charge in [-0.1, -0.05) is 28.6 Å². The van der Waals surface area contributed by atoms with Crippen LogP contribution in [0.4, 0.5) is 4.39 Å². The molecule has 4 rings (SSSR count). The van der Waals surface area contributed by atoms with Gasteiger partial charge in [0.15, 0.2) is 5.82 Å². The Balaban J connectivity index is 1.75. The van der Waals surface area contributed by atoms with Crippen LogP contribution in [0.5, 0.6) is 0 Å². The largest absolute Gasteiger partial charge is 0.361 e. The molecule has 1 aromatic carbocycles. The summed E-state index contributed by atoms with van der Waals surface area (Å²) in [5.41, 5.74) is 2.53. The Morgan fingerprint density at radius 1 is 1.26 bits per heavy atom. The third kappa shape index (κ3) is 2.40. The van der Waals surface area contributed by atoms with Gasteiger partial charge >= 0.3 is 0 Å². The van der Waals surface area contributed by atoms with Crippen LogP contribution < -0.4 is 0 Å². The number of hydrogen-bond donors (Lipinski definition) is 0. The van der Waals surface area contributed by atoms with E-state index >= 15 is 0 Å². The molecule has 0 atom stereocenters. The van der Waals surface area contributed by atoms with Gasteiger partial charge in [-0.05, 0) is 26.0 Å². The van der Waals surface area contributed by atoms with E-state index in [4.69, 9.17) is 4.52 Å². The van der Waals surface area contributed by atoms with Crippen molar-refractivity contribution in [2.24, 2.45) is 0 Å². The summed E-state index contributed by atoms with van der Waals surface area (Å²) in [6, 6.07) is 6.24. The summed E-state index contributed by atoms with van der Waals surface area (Å²) in [5.74, 6) is 1.00. The van der Waals surface area contributed by atoms with Crippen molar-refractivity contribution in [3.8, 4) is 11.4 Å². The number of aromatic nitrogens is 5. The number of fused-ring (bicyclic) bond motifs is 1. The fourth-order valence-corrected chi connectivity index (χ4v) is 3.29. The first-order valence-electron chi connectivity index (χ1n) is 7.00. The van der Waals surface area contributed by atoms with Gasteiger partial charge in [0.2, 0.25) is 4.96 Å². The molecule has 0 bridgehead atoms. The normalized spacial score (nSPS) is 11.4. The summed E-state index contributed by atoms with van der Waals surface area (Å²) in [7, 11) is 0. The molecule has 23 heavy (non-hydrogen) atoms. The number of benzene rings is 1. The van der Waals surface area contributed by atoms with Crippen molar-refractivity contribution >= 4 is 16.3 Å². The SMILES string of the molecule is Cc1noc(C)c1Cc1nn2c(-c3cccc(F)c3)nnc2s1. The maximum atomic E-state index is 13.4. The smallest absolute Gasteiger partial charge is 0.234 e. The highest BCUT2D eigenvalue weighted by atomic mass is 32.1. The molecule has 4 aromatic rings. The average molecular weight is 329 g/mol. The molecule has 0 aliphatic heterocycles. The number of hydrogen-bond acceptors (Lipinski definition) is 6. The molecule has 3 heterocycles. The van der Waals surface area contributed by atoms with E-state index < -0.39 is 0 Å². The van der Waals surface area contributed by atoms with Crippen LogP contribution in [0, 0.1) is 19.7 Å². The van der Waals surface area contributed by atoms with Gasteiger partial charge in [0.05, 0.1) is 5.69 Å². The minimum Gasteiger partial charge on any atom is -0.361 e. The van der Waals surface area contributed by atoms with Crippen molar-refractivity contribution in [1.82, 2.24) is 25.0 Å². The first kappa shape index (κ1) is 14.0. The zero-order valence-corrected chi connectivity index (χ0v) is 13.3. The Morgan fingerprint density at radius 3 is 2.87 bits per heavy atom. The van der Waals surface area contributed by atoms with Gasteiger partial charge in [0.1, 0.15) is 16.6 Å². The van der Waals surface area contributed by atoms with E-state index in [1.807, 2.05) is 13.8 Å². The van der Waals surface area contributed by atoms with E-state index in [0.717, 1.165) is 22.0 Å². The molecule has 0 radical (unpaired) electrons. The number of nitrogens with zero attached hydrogens (tertiary/aromatic N) is 5. The molecular weight excluding hydrogens is 317 g/mol. The molecule has 3 aromatic heterocycles. The van der Waals surface area contributed by atoms with Crippen molar-refractivity contribution in [3.05, 3.63) is 52.1 Å². The van der Waals surface area contributed by atoms with Gasteiger partial charge in [0.25, 0.3) is 0 Å². The highest BCUT2D eigenvalue weighted by Gasteiger charge is 2.17. The van der Waals surface area contributed by atoms with E-state index in [1.54, 1.807) is 16.6 Å². The maximum absolute atomic E-state index is 13.4. The van der Waals surface area contributed by atoms with Crippen LogP contribution >= 0.6 is 11.3 Å². The second-order valence-corrected chi connectivity index (χ2v) is 6.24. The minimum absolute atomic E-state index is 0.314.